The molecule has 1 aromatic heterocycles. The van der Waals surface area contributed by atoms with Gasteiger partial charge >= 0.3 is 5.97 Å². The van der Waals surface area contributed by atoms with Crippen LogP contribution < -0.4 is 10.1 Å². The summed E-state index contributed by atoms with van der Waals surface area (Å²) in [7, 11) is 2.90. The second-order valence-electron chi connectivity index (χ2n) is 3.99. The molecule has 0 aliphatic carbocycles. The summed E-state index contributed by atoms with van der Waals surface area (Å²) in [4.78, 5) is 11.3. The number of ether oxygens (including phenoxy) is 2. The fourth-order valence-corrected chi connectivity index (χ4v) is 1.87. The number of hydrogen-bond acceptors (Lipinski definition) is 5. The van der Waals surface area contributed by atoms with Crippen molar-refractivity contribution in [3.63, 3.8) is 0 Å². The first-order valence-corrected chi connectivity index (χ1v) is 6.25. The molecule has 0 saturated carbocycles. The maximum absolute atomic E-state index is 11.3. The molecule has 0 fully saturated rings. The zero-order valence-corrected chi connectivity index (χ0v) is 11.9. The average Bonchev–Trinajstić information content (AvgIpc) is 2.93. The highest BCUT2D eigenvalue weighted by Gasteiger charge is 2.10. The van der Waals surface area contributed by atoms with Crippen LogP contribution in [-0.4, -0.2) is 20.2 Å². The van der Waals surface area contributed by atoms with Gasteiger partial charge < -0.3 is 19.2 Å². The second kappa shape index (κ2) is 6.34. The van der Waals surface area contributed by atoms with Crippen molar-refractivity contribution in [3.05, 3.63) is 46.9 Å². The lowest BCUT2D eigenvalue weighted by atomic mass is 10.2. The molecular weight excluding hydrogens is 282 g/mol. The zero-order valence-electron chi connectivity index (χ0n) is 11.1. The number of esters is 1. The molecule has 0 saturated heterocycles. The molecule has 0 radical (unpaired) electrons. The van der Waals surface area contributed by atoms with Crippen molar-refractivity contribution in [2.75, 3.05) is 19.5 Å². The van der Waals surface area contributed by atoms with Gasteiger partial charge in [0, 0.05) is 5.02 Å². The molecule has 1 aromatic carbocycles. The van der Waals surface area contributed by atoms with Crippen molar-refractivity contribution in [1.29, 1.82) is 0 Å². The second-order valence-corrected chi connectivity index (χ2v) is 4.43. The van der Waals surface area contributed by atoms with Crippen molar-refractivity contribution < 1.29 is 18.7 Å². The number of anilines is 1. The van der Waals surface area contributed by atoms with E-state index in [2.05, 4.69) is 10.1 Å². The van der Waals surface area contributed by atoms with Crippen LogP contribution in [0.25, 0.3) is 0 Å². The molecule has 106 valence electrons. The van der Waals surface area contributed by atoms with Crippen LogP contribution in [0.3, 0.4) is 0 Å². The summed E-state index contributed by atoms with van der Waals surface area (Å²) in [6.45, 7) is 0.397. The Morgan fingerprint density at radius 2 is 2.15 bits per heavy atom. The van der Waals surface area contributed by atoms with Crippen molar-refractivity contribution in [1.82, 2.24) is 0 Å². The molecule has 0 unspecified atom stereocenters. The number of hydrogen-bond donors (Lipinski definition) is 1. The number of nitrogens with one attached hydrogen (secondary N) is 1. The van der Waals surface area contributed by atoms with Gasteiger partial charge in [0.15, 0.2) is 0 Å². The summed E-state index contributed by atoms with van der Waals surface area (Å²) >= 11 is 5.94. The van der Waals surface area contributed by atoms with E-state index in [1.54, 1.807) is 31.4 Å². The van der Waals surface area contributed by atoms with Crippen molar-refractivity contribution in [2.24, 2.45) is 0 Å². The molecule has 0 aliphatic heterocycles. The first-order chi connectivity index (χ1) is 9.63. The van der Waals surface area contributed by atoms with E-state index in [4.69, 9.17) is 20.8 Å². The SMILES string of the molecule is COC(=O)c1coc(CNc2cc(Cl)ccc2OC)c1. The lowest BCUT2D eigenvalue weighted by molar-refractivity contribution is 0.0600. The molecule has 6 heteroatoms. The van der Waals surface area contributed by atoms with Crippen molar-refractivity contribution in [2.45, 2.75) is 6.54 Å². The molecule has 20 heavy (non-hydrogen) atoms. The molecule has 0 spiro atoms. The smallest absolute Gasteiger partial charge is 0.341 e. The monoisotopic (exact) mass is 295 g/mol. The van der Waals surface area contributed by atoms with Gasteiger partial charge in [0.1, 0.15) is 17.8 Å². The largest absolute Gasteiger partial charge is 0.495 e. The van der Waals surface area contributed by atoms with E-state index in [1.165, 1.54) is 13.4 Å². The number of carbonyl (C=O) groups is 1. The van der Waals surface area contributed by atoms with E-state index in [-0.39, 0.29) is 0 Å². The van der Waals surface area contributed by atoms with Crippen LogP contribution in [0.1, 0.15) is 16.1 Å². The van der Waals surface area contributed by atoms with Crippen LogP contribution >= 0.6 is 11.6 Å². The van der Waals surface area contributed by atoms with Gasteiger partial charge in [0.05, 0.1) is 32.0 Å². The highest BCUT2D eigenvalue weighted by atomic mass is 35.5. The van der Waals surface area contributed by atoms with Gasteiger partial charge in [-0.15, -0.1) is 0 Å². The molecule has 0 bridgehead atoms. The van der Waals surface area contributed by atoms with E-state index in [9.17, 15) is 4.79 Å². The Morgan fingerprint density at radius 3 is 2.85 bits per heavy atom. The Balaban J connectivity index is 2.07. The van der Waals surface area contributed by atoms with Crippen LogP contribution in [0, 0.1) is 0 Å². The molecule has 1 heterocycles. The summed E-state index contributed by atoms with van der Waals surface area (Å²) in [6, 6.07) is 6.89. The van der Waals surface area contributed by atoms with Crippen molar-refractivity contribution >= 4 is 23.3 Å². The molecule has 0 atom stereocenters. The summed E-state index contributed by atoms with van der Waals surface area (Å²) in [5.41, 5.74) is 1.12. The number of carbonyl (C=O) groups excluding carboxylic acids is 1. The van der Waals surface area contributed by atoms with E-state index in [0.717, 1.165) is 5.69 Å². The Hall–Kier alpha value is -2.14. The topological polar surface area (TPSA) is 60.7 Å². The molecule has 5 nitrogen and oxygen atoms in total. The summed E-state index contributed by atoms with van der Waals surface area (Å²) < 4.78 is 15.1. The quantitative estimate of drug-likeness (QED) is 0.857. The molecule has 2 aromatic rings. The average molecular weight is 296 g/mol. The molecule has 0 amide bonds. The Morgan fingerprint density at radius 1 is 1.35 bits per heavy atom. The first-order valence-electron chi connectivity index (χ1n) is 5.87. The molecular formula is C14H14ClNO4. The summed E-state index contributed by atoms with van der Waals surface area (Å²) in [6.07, 6.45) is 1.36. The highest BCUT2D eigenvalue weighted by Crippen LogP contribution is 2.28. The lowest BCUT2D eigenvalue weighted by Gasteiger charge is -2.10. The fraction of sp³-hybridized carbons (Fsp3) is 0.214. The minimum absolute atomic E-state index is 0.377. The number of benzene rings is 1. The Labute approximate surface area is 121 Å². The Bertz CT molecular complexity index is 609. The van der Waals surface area contributed by atoms with Gasteiger partial charge in [-0.25, -0.2) is 4.79 Å². The van der Waals surface area contributed by atoms with Crippen LogP contribution in [0.15, 0.2) is 34.9 Å². The van der Waals surface area contributed by atoms with Crippen LogP contribution in [-0.2, 0) is 11.3 Å². The van der Waals surface area contributed by atoms with Crippen LogP contribution in [0.4, 0.5) is 5.69 Å². The van der Waals surface area contributed by atoms with Crippen LogP contribution in [0.2, 0.25) is 5.02 Å². The third kappa shape index (κ3) is 3.24. The lowest BCUT2D eigenvalue weighted by Crippen LogP contribution is -2.01. The van der Waals surface area contributed by atoms with Gasteiger partial charge in [-0.05, 0) is 24.3 Å². The zero-order chi connectivity index (χ0) is 14.5. The van der Waals surface area contributed by atoms with Gasteiger partial charge in [-0.3, -0.25) is 0 Å². The van der Waals surface area contributed by atoms with Crippen LogP contribution in [0.5, 0.6) is 5.75 Å². The fourth-order valence-electron chi connectivity index (χ4n) is 1.70. The van der Waals surface area contributed by atoms with Crippen molar-refractivity contribution in [3.8, 4) is 5.75 Å². The maximum atomic E-state index is 11.3. The highest BCUT2D eigenvalue weighted by molar-refractivity contribution is 6.30. The van der Waals surface area contributed by atoms with Gasteiger partial charge in [0.2, 0.25) is 0 Å². The predicted molar refractivity (Wildman–Crippen MR) is 75.4 cm³/mol. The maximum Gasteiger partial charge on any atom is 0.341 e. The Kier molecular flexibility index (Phi) is 4.53. The predicted octanol–water partition coefficient (Wildman–Crippen LogP) is 3.34. The third-order valence-electron chi connectivity index (χ3n) is 2.69. The van der Waals surface area contributed by atoms with E-state index in [1.807, 2.05) is 0 Å². The number of furan rings is 1. The number of rotatable bonds is 5. The normalized spacial score (nSPS) is 10.2. The summed E-state index contributed by atoms with van der Waals surface area (Å²) in [5.74, 6) is 0.849. The molecule has 2 rings (SSSR count). The van der Waals surface area contributed by atoms with Gasteiger partial charge in [-0.2, -0.15) is 0 Å². The standard InChI is InChI=1S/C14H14ClNO4/c1-18-13-4-3-10(15)6-12(13)16-7-11-5-9(8-20-11)14(17)19-2/h3-6,8,16H,7H2,1-2H3. The minimum Gasteiger partial charge on any atom is -0.495 e. The number of methoxy groups -OCH3 is 2. The van der Waals surface area contributed by atoms with Gasteiger partial charge in [-0.1, -0.05) is 11.6 Å². The van der Waals surface area contributed by atoms with E-state index < -0.39 is 5.97 Å². The molecule has 1 N–H and O–H groups in total. The summed E-state index contributed by atoms with van der Waals surface area (Å²) in [5, 5.41) is 3.74. The number of halogens is 1. The molecule has 0 aliphatic rings. The van der Waals surface area contributed by atoms with E-state index in [0.29, 0.717) is 28.6 Å². The first kappa shape index (κ1) is 14.3. The van der Waals surface area contributed by atoms with Gasteiger partial charge in [0.25, 0.3) is 0 Å². The minimum atomic E-state index is -0.430. The third-order valence-corrected chi connectivity index (χ3v) is 2.92. The van der Waals surface area contributed by atoms with E-state index >= 15 is 0 Å².